The maximum absolute atomic E-state index is 14.0. The molecule has 2 fully saturated rings. The molecule has 2 N–H and O–H groups in total. The van der Waals surface area contributed by atoms with E-state index in [1.54, 1.807) is 22.9 Å². The van der Waals surface area contributed by atoms with Crippen LogP contribution in [0.1, 0.15) is 106 Å². The second-order valence-electron chi connectivity index (χ2n) is 12.0. The number of imidazole rings is 1. The Morgan fingerprint density at radius 1 is 1.00 bits per heavy atom. The fourth-order valence-corrected chi connectivity index (χ4v) is 5.54. The first-order chi connectivity index (χ1) is 20.2. The lowest BCUT2D eigenvalue weighted by Crippen LogP contribution is -2.38. The number of hydrogen-bond donors (Lipinski definition) is 2. The van der Waals surface area contributed by atoms with Crippen molar-refractivity contribution in [3.05, 3.63) is 42.0 Å². The standard InChI is InChI=1S/C28H35F5N8O2/c1-15(2)41-24(34-14-35-41)25(43)39-23(18-6-9-27(29,30)10-7-18)20-13-40-11-8-19(36-26(40)37-20)22(17-4-5-17)38-21(42)12-16(3)28(31,32)33/h8,11,13-18,22-23H,4-7,9-10,12H2,1-3H3,(H,38,42)(H,39,43)/t16-,22?,23-/m0/s1. The molecular weight excluding hydrogens is 575 g/mol. The first-order valence-electron chi connectivity index (χ1n) is 14.5. The average Bonchev–Trinajstić information content (AvgIpc) is 3.47. The highest BCUT2D eigenvalue weighted by Gasteiger charge is 2.41. The molecule has 3 atom stereocenters. The minimum Gasteiger partial charge on any atom is -0.347 e. The SMILES string of the molecule is CC(C)n1ncnc1C(=O)N[C@H](c1cn2ccc(C(NC(=O)C[C@H](C)C(F)(F)F)C3CC3)nc2n1)C1CCC(F)(F)CC1. The van der Waals surface area contributed by atoms with Crippen molar-refractivity contribution in [2.24, 2.45) is 17.8 Å². The summed E-state index contributed by atoms with van der Waals surface area (Å²) in [7, 11) is 0. The van der Waals surface area contributed by atoms with Crippen LogP contribution in [0.4, 0.5) is 22.0 Å². The predicted octanol–water partition coefficient (Wildman–Crippen LogP) is 5.35. The predicted molar refractivity (Wildman–Crippen MR) is 144 cm³/mol. The zero-order valence-electron chi connectivity index (χ0n) is 24.1. The maximum atomic E-state index is 14.0. The van der Waals surface area contributed by atoms with Crippen LogP contribution in [0.2, 0.25) is 0 Å². The molecule has 2 saturated carbocycles. The van der Waals surface area contributed by atoms with Crippen molar-refractivity contribution >= 4 is 17.6 Å². The van der Waals surface area contributed by atoms with E-state index in [0.717, 1.165) is 19.8 Å². The van der Waals surface area contributed by atoms with Crippen LogP contribution in [0.5, 0.6) is 0 Å². The fourth-order valence-electron chi connectivity index (χ4n) is 5.54. The minimum atomic E-state index is -4.47. The lowest BCUT2D eigenvalue weighted by atomic mass is 9.81. The van der Waals surface area contributed by atoms with E-state index < -0.39 is 48.3 Å². The first kappa shape index (κ1) is 30.8. The van der Waals surface area contributed by atoms with Gasteiger partial charge in [0, 0.05) is 37.7 Å². The molecule has 2 aliphatic rings. The molecule has 234 valence electrons. The molecule has 3 heterocycles. The molecule has 0 aliphatic heterocycles. The Labute approximate surface area is 244 Å². The molecule has 0 saturated heterocycles. The Kier molecular flexibility index (Phi) is 8.45. The number of aromatic nitrogens is 6. The summed E-state index contributed by atoms with van der Waals surface area (Å²) in [6, 6.07) is 0.254. The Hall–Kier alpha value is -3.65. The summed E-state index contributed by atoms with van der Waals surface area (Å²) < 4.78 is 70.1. The molecule has 5 rings (SSSR count). The highest BCUT2D eigenvalue weighted by Crippen LogP contribution is 2.42. The highest BCUT2D eigenvalue weighted by molar-refractivity contribution is 5.91. The van der Waals surface area contributed by atoms with E-state index >= 15 is 0 Å². The van der Waals surface area contributed by atoms with Gasteiger partial charge in [0.05, 0.1) is 29.4 Å². The van der Waals surface area contributed by atoms with Gasteiger partial charge in [0.25, 0.3) is 5.91 Å². The van der Waals surface area contributed by atoms with Gasteiger partial charge in [0.2, 0.25) is 23.4 Å². The number of rotatable bonds is 10. The minimum absolute atomic E-state index is 0.0452. The summed E-state index contributed by atoms with van der Waals surface area (Å²) in [5, 5.41) is 9.78. The molecule has 0 aromatic carbocycles. The molecule has 0 bridgehead atoms. The van der Waals surface area contributed by atoms with E-state index in [1.807, 2.05) is 13.8 Å². The van der Waals surface area contributed by atoms with Crippen molar-refractivity contribution in [2.75, 3.05) is 0 Å². The summed E-state index contributed by atoms with van der Waals surface area (Å²) in [6.45, 7) is 4.68. The Balaban J connectivity index is 1.41. The van der Waals surface area contributed by atoms with Crippen LogP contribution < -0.4 is 10.6 Å². The van der Waals surface area contributed by atoms with Gasteiger partial charge in [-0.3, -0.25) is 14.0 Å². The van der Waals surface area contributed by atoms with Crippen molar-refractivity contribution < 1.29 is 31.5 Å². The number of carbonyl (C=O) groups is 2. The van der Waals surface area contributed by atoms with E-state index in [2.05, 4.69) is 30.7 Å². The van der Waals surface area contributed by atoms with Gasteiger partial charge in [-0.2, -0.15) is 18.3 Å². The molecule has 2 aliphatic carbocycles. The topological polar surface area (TPSA) is 119 Å². The zero-order chi connectivity index (χ0) is 31.1. The van der Waals surface area contributed by atoms with E-state index in [4.69, 9.17) is 0 Å². The molecule has 3 aromatic heterocycles. The summed E-state index contributed by atoms with van der Waals surface area (Å²) in [5.41, 5.74) is 0.887. The normalized spacial score (nSPS) is 19.7. The van der Waals surface area contributed by atoms with Gasteiger partial charge in [-0.25, -0.2) is 28.4 Å². The van der Waals surface area contributed by atoms with Crippen LogP contribution in [0.3, 0.4) is 0 Å². The van der Waals surface area contributed by atoms with Crippen LogP contribution in [0, 0.1) is 17.8 Å². The number of fused-ring (bicyclic) bond motifs is 1. The lowest BCUT2D eigenvalue weighted by Gasteiger charge is -2.33. The monoisotopic (exact) mass is 610 g/mol. The average molecular weight is 611 g/mol. The maximum Gasteiger partial charge on any atom is 0.392 e. The third-order valence-electron chi connectivity index (χ3n) is 8.25. The van der Waals surface area contributed by atoms with E-state index in [-0.39, 0.29) is 55.2 Å². The van der Waals surface area contributed by atoms with E-state index in [0.29, 0.717) is 11.4 Å². The lowest BCUT2D eigenvalue weighted by molar-refractivity contribution is -0.174. The number of amides is 2. The summed E-state index contributed by atoms with van der Waals surface area (Å²) >= 11 is 0. The molecule has 10 nitrogen and oxygen atoms in total. The van der Waals surface area contributed by atoms with Crippen LogP contribution >= 0.6 is 0 Å². The number of hydrogen-bond acceptors (Lipinski definition) is 6. The number of nitrogens with one attached hydrogen (secondary N) is 2. The van der Waals surface area contributed by atoms with Gasteiger partial charge in [0.1, 0.15) is 6.33 Å². The second kappa shape index (κ2) is 11.8. The van der Waals surface area contributed by atoms with Crippen molar-refractivity contribution in [3.63, 3.8) is 0 Å². The molecule has 2 amide bonds. The molecule has 3 aromatic rings. The van der Waals surface area contributed by atoms with Crippen molar-refractivity contribution in [2.45, 2.75) is 95.9 Å². The Morgan fingerprint density at radius 2 is 1.63 bits per heavy atom. The quantitative estimate of drug-likeness (QED) is 0.299. The van der Waals surface area contributed by atoms with Gasteiger partial charge < -0.3 is 10.6 Å². The van der Waals surface area contributed by atoms with Crippen LogP contribution in [-0.2, 0) is 4.79 Å². The van der Waals surface area contributed by atoms with Gasteiger partial charge in [-0.15, -0.1) is 0 Å². The van der Waals surface area contributed by atoms with Crippen LogP contribution in [0.15, 0.2) is 24.8 Å². The summed E-state index contributed by atoms with van der Waals surface area (Å²) in [4.78, 5) is 39.2. The number of nitrogens with zero attached hydrogens (tertiary/aromatic N) is 6. The van der Waals surface area contributed by atoms with Crippen LogP contribution in [0.25, 0.3) is 5.78 Å². The second-order valence-corrected chi connectivity index (χ2v) is 12.0. The molecule has 43 heavy (non-hydrogen) atoms. The third kappa shape index (κ3) is 7.12. The molecular formula is C28H35F5N8O2. The zero-order valence-corrected chi connectivity index (χ0v) is 24.1. The van der Waals surface area contributed by atoms with Gasteiger partial charge in [0.15, 0.2) is 0 Å². The summed E-state index contributed by atoms with van der Waals surface area (Å²) in [5.74, 6) is -5.70. The Bertz CT molecular complexity index is 1450. The van der Waals surface area contributed by atoms with Crippen molar-refractivity contribution in [1.29, 1.82) is 0 Å². The molecule has 1 unspecified atom stereocenters. The largest absolute Gasteiger partial charge is 0.392 e. The van der Waals surface area contributed by atoms with Gasteiger partial charge in [-0.05, 0) is 57.4 Å². The van der Waals surface area contributed by atoms with E-state index in [9.17, 15) is 31.5 Å². The van der Waals surface area contributed by atoms with Crippen molar-refractivity contribution in [3.8, 4) is 0 Å². The third-order valence-corrected chi connectivity index (χ3v) is 8.25. The Morgan fingerprint density at radius 3 is 2.26 bits per heavy atom. The van der Waals surface area contributed by atoms with Crippen LogP contribution in [-0.4, -0.2) is 53.0 Å². The fraction of sp³-hybridized carbons (Fsp3) is 0.643. The number of halogens is 5. The smallest absolute Gasteiger partial charge is 0.347 e. The highest BCUT2D eigenvalue weighted by atomic mass is 19.4. The molecule has 0 spiro atoms. The summed E-state index contributed by atoms with van der Waals surface area (Å²) in [6.07, 6.45) is 0.803. The number of carbonyl (C=O) groups excluding carboxylic acids is 2. The van der Waals surface area contributed by atoms with Gasteiger partial charge in [-0.1, -0.05) is 6.92 Å². The van der Waals surface area contributed by atoms with E-state index in [1.165, 1.54) is 11.0 Å². The molecule has 15 heteroatoms. The number of alkyl halides is 5. The van der Waals surface area contributed by atoms with Crippen molar-refractivity contribution in [1.82, 2.24) is 39.8 Å². The molecule has 0 radical (unpaired) electrons. The van der Waals surface area contributed by atoms with Gasteiger partial charge >= 0.3 is 6.18 Å². The first-order valence-corrected chi connectivity index (χ1v) is 14.5.